The molecule has 4 nitrogen and oxygen atoms in total. The van der Waals surface area contributed by atoms with Crippen molar-refractivity contribution in [2.45, 2.75) is 89.8 Å². The molecule has 0 aromatic heterocycles. The van der Waals surface area contributed by atoms with Crippen LogP contribution in [0.1, 0.15) is 71.6 Å². The van der Waals surface area contributed by atoms with Crippen LogP contribution in [-0.2, 0) is 9.59 Å². The van der Waals surface area contributed by atoms with Crippen LogP contribution < -0.4 is 5.32 Å². The second-order valence-electron chi connectivity index (χ2n) is 6.35. The van der Waals surface area contributed by atoms with Crippen LogP contribution in [0.15, 0.2) is 0 Å². The number of hydrogen-bond acceptors (Lipinski definition) is 2. The number of carbonyl (C=O) groups excluding carboxylic acids is 2. The second kappa shape index (κ2) is 7.09. The van der Waals surface area contributed by atoms with Crippen molar-refractivity contribution >= 4 is 11.8 Å². The average Bonchev–Trinajstić information content (AvgIpc) is 2.71. The maximum absolute atomic E-state index is 12.8. The van der Waals surface area contributed by atoms with Crippen molar-refractivity contribution < 1.29 is 9.59 Å². The molecule has 1 aliphatic carbocycles. The molecule has 4 heteroatoms. The number of nitrogens with one attached hydrogen (secondary N) is 1. The second-order valence-corrected chi connectivity index (χ2v) is 6.35. The molecular weight excluding hydrogens is 252 g/mol. The summed E-state index contributed by atoms with van der Waals surface area (Å²) in [7, 11) is 0. The van der Waals surface area contributed by atoms with Crippen molar-refractivity contribution in [1.82, 2.24) is 10.2 Å². The molecule has 20 heavy (non-hydrogen) atoms. The highest BCUT2D eigenvalue weighted by molar-refractivity contribution is 5.90. The topological polar surface area (TPSA) is 49.4 Å². The zero-order chi connectivity index (χ0) is 14.5. The largest absolute Gasteiger partial charge is 0.344 e. The molecule has 1 aliphatic heterocycles. The Hall–Kier alpha value is -1.06. The van der Waals surface area contributed by atoms with Crippen LogP contribution in [0.5, 0.6) is 0 Å². The molecule has 0 aromatic carbocycles. The number of carbonyl (C=O) groups is 2. The van der Waals surface area contributed by atoms with Crippen LogP contribution in [-0.4, -0.2) is 34.8 Å². The molecule has 2 unspecified atom stereocenters. The zero-order valence-corrected chi connectivity index (χ0v) is 12.9. The Labute approximate surface area is 122 Å². The van der Waals surface area contributed by atoms with Crippen LogP contribution >= 0.6 is 0 Å². The van der Waals surface area contributed by atoms with Gasteiger partial charge in [0.1, 0.15) is 6.04 Å². The molecule has 2 atom stereocenters. The van der Waals surface area contributed by atoms with Gasteiger partial charge in [0.05, 0.1) is 0 Å². The van der Waals surface area contributed by atoms with Gasteiger partial charge < -0.3 is 10.2 Å². The lowest BCUT2D eigenvalue weighted by molar-refractivity contribution is -0.137. The van der Waals surface area contributed by atoms with Crippen molar-refractivity contribution in [3.05, 3.63) is 0 Å². The van der Waals surface area contributed by atoms with Crippen molar-refractivity contribution in [2.24, 2.45) is 0 Å². The van der Waals surface area contributed by atoms with Crippen LogP contribution in [0.3, 0.4) is 0 Å². The molecule has 2 rings (SSSR count). The summed E-state index contributed by atoms with van der Waals surface area (Å²) in [5.74, 6) is 0.178. The number of nitrogens with zero attached hydrogens (tertiary/aromatic N) is 1. The molecule has 2 amide bonds. The summed E-state index contributed by atoms with van der Waals surface area (Å²) < 4.78 is 0. The summed E-state index contributed by atoms with van der Waals surface area (Å²) in [4.78, 5) is 26.8. The molecule has 2 aliphatic rings. The quantitative estimate of drug-likeness (QED) is 0.808. The minimum absolute atomic E-state index is 0.0282. The van der Waals surface area contributed by atoms with Crippen molar-refractivity contribution in [3.63, 3.8) is 0 Å². The van der Waals surface area contributed by atoms with E-state index >= 15 is 0 Å². The Bertz CT molecular complexity index is 348. The molecule has 1 heterocycles. The first kappa shape index (κ1) is 15.3. The molecule has 0 aromatic rings. The summed E-state index contributed by atoms with van der Waals surface area (Å²) in [5.41, 5.74) is 0. The van der Waals surface area contributed by atoms with Gasteiger partial charge in [-0.3, -0.25) is 9.59 Å². The normalized spacial score (nSPS) is 29.8. The minimum atomic E-state index is -0.305. The lowest BCUT2D eigenvalue weighted by atomic mass is 10.0. The van der Waals surface area contributed by atoms with E-state index in [1.807, 2.05) is 11.8 Å². The minimum Gasteiger partial charge on any atom is -0.344 e. The fraction of sp³-hybridized carbons (Fsp3) is 0.875. The van der Waals surface area contributed by atoms with Gasteiger partial charge in [-0.15, -0.1) is 0 Å². The average molecular weight is 280 g/mol. The van der Waals surface area contributed by atoms with E-state index in [0.29, 0.717) is 12.5 Å². The predicted molar refractivity (Wildman–Crippen MR) is 79.3 cm³/mol. The third-order valence-electron chi connectivity index (χ3n) is 4.64. The molecule has 114 valence electrons. The Morgan fingerprint density at radius 1 is 1.15 bits per heavy atom. The molecule has 0 spiro atoms. The molecular formula is C16H28N2O2. The standard InChI is InChI=1S/C16H28N2O2/c1-3-8-14-16(20)18(12(2)11-15(19)17-14)13-9-6-4-5-7-10-13/h12-14H,3-11H2,1-2H3,(H,17,19). The van der Waals surface area contributed by atoms with Crippen LogP contribution in [0.2, 0.25) is 0 Å². The molecule has 1 saturated heterocycles. The Morgan fingerprint density at radius 2 is 1.80 bits per heavy atom. The van der Waals surface area contributed by atoms with Crippen LogP contribution in [0.4, 0.5) is 0 Å². The van der Waals surface area contributed by atoms with Gasteiger partial charge in [-0.25, -0.2) is 0 Å². The number of hydrogen-bond donors (Lipinski definition) is 1. The zero-order valence-electron chi connectivity index (χ0n) is 12.9. The highest BCUT2D eigenvalue weighted by atomic mass is 16.2. The maximum atomic E-state index is 12.8. The Balaban J connectivity index is 2.17. The highest BCUT2D eigenvalue weighted by Gasteiger charge is 2.37. The third-order valence-corrected chi connectivity index (χ3v) is 4.64. The van der Waals surface area contributed by atoms with E-state index in [2.05, 4.69) is 12.2 Å². The summed E-state index contributed by atoms with van der Waals surface area (Å²) in [6.07, 6.45) is 9.30. The first-order valence-corrected chi connectivity index (χ1v) is 8.25. The summed E-state index contributed by atoms with van der Waals surface area (Å²) in [5, 5.41) is 2.91. The SMILES string of the molecule is CCCC1NC(=O)CC(C)N(C2CCCCCC2)C1=O. The Kier molecular flexibility index (Phi) is 5.44. The fourth-order valence-corrected chi connectivity index (χ4v) is 3.64. The Morgan fingerprint density at radius 3 is 2.40 bits per heavy atom. The summed E-state index contributed by atoms with van der Waals surface area (Å²) in [6.45, 7) is 4.08. The molecule has 1 N–H and O–H groups in total. The fourth-order valence-electron chi connectivity index (χ4n) is 3.64. The van der Waals surface area contributed by atoms with E-state index < -0.39 is 0 Å². The van der Waals surface area contributed by atoms with Gasteiger partial charge in [0.2, 0.25) is 11.8 Å². The molecule has 0 radical (unpaired) electrons. The van der Waals surface area contributed by atoms with Crippen molar-refractivity contribution in [3.8, 4) is 0 Å². The number of amides is 2. The van der Waals surface area contributed by atoms with Gasteiger partial charge in [0, 0.05) is 18.5 Å². The van der Waals surface area contributed by atoms with Gasteiger partial charge in [0.15, 0.2) is 0 Å². The first-order chi connectivity index (χ1) is 9.63. The lowest BCUT2D eigenvalue weighted by Crippen LogP contribution is -2.50. The highest BCUT2D eigenvalue weighted by Crippen LogP contribution is 2.26. The third kappa shape index (κ3) is 3.53. The van der Waals surface area contributed by atoms with Gasteiger partial charge in [0.25, 0.3) is 0 Å². The van der Waals surface area contributed by atoms with Gasteiger partial charge in [-0.1, -0.05) is 39.0 Å². The maximum Gasteiger partial charge on any atom is 0.245 e. The van der Waals surface area contributed by atoms with Crippen molar-refractivity contribution in [2.75, 3.05) is 0 Å². The molecule has 0 bridgehead atoms. The van der Waals surface area contributed by atoms with E-state index in [4.69, 9.17) is 0 Å². The van der Waals surface area contributed by atoms with Crippen molar-refractivity contribution in [1.29, 1.82) is 0 Å². The summed E-state index contributed by atoms with van der Waals surface area (Å²) >= 11 is 0. The number of rotatable bonds is 3. The lowest BCUT2D eigenvalue weighted by Gasteiger charge is -2.36. The van der Waals surface area contributed by atoms with E-state index in [1.165, 1.54) is 25.7 Å². The monoisotopic (exact) mass is 280 g/mol. The molecule has 2 fully saturated rings. The smallest absolute Gasteiger partial charge is 0.245 e. The van der Waals surface area contributed by atoms with Crippen LogP contribution in [0, 0.1) is 0 Å². The van der Waals surface area contributed by atoms with E-state index in [1.54, 1.807) is 0 Å². The predicted octanol–water partition coefficient (Wildman–Crippen LogP) is 2.61. The van der Waals surface area contributed by atoms with E-state index in [0.717, 1.165) is 25.7 Å². The molecule has 1 saturated carbocycles. The van der Waals surface area contributed by atoms with Gasteiger partial charge >= 0.3 is 0 Å². The summed E-state index contributed by atoms with van der Waals surface area (Å²) in [6, 6.07) is 0.0696. The first-order valence-electron chi connectivity index (χ1n) is 8.25. The van der Waals surface area contributed by atoms with Crippen LogP contribution in [0.25, 0.3) is 0 Å². The van der Waals surface area contributed by atoms with E-state index in [-0.39, 0.29) is 23.9 Å². The van der Waals surface area contributed by atoms with Gasteiger partial charge in [-0.05, 0) is 26.2 Å². The van der Waals surface area contributed by atoms with E-state index in [9.17, 15) is 9.59 Å². The van der Waals surface area contributed by atoms with Gasteiger partial charge in [-0.2, -0.15) is 0 Å².